The Kier molecular flexibility index (Phi) is 4.45. The lowest BCUT2D eigenvalue weighted by atomic mass is 10.2. The van der Waals surface area contributed by atoms with Gasteiger partial charge >= 0.3 is 5.97 Å². The summed E-state index contributed by atoms with van der Waals surface area (Å²) in [6, 6.07) is 11.3. The molecule has 0 bridgehead atoms. The number of carboxylic acids is 1. The van der Waals surface area contributed by atoms with Crippen LogP contribution in [-0.4, -0.2) is 32.0 Å². The summed E-state index contributed by atoms with van der Waals surface area (Å²) >= 11 is 0. The number of nitriles is 2. The number of nitrogens with one attached hydrogen (secondary N) is 1. The molecule has 0 aliphatic carbocycles. The van der Waals surface area contributed by atoms with E-state index < -0.39 is 17.6 Å². The molecule has 0 fully saturated rings. The predicted octanol–water partition coefficient (Wildman–Crippen LogP) is 0.334. The highest BCUT2D eigenvalue weighted by atomic mass is 16.4. The number of hydrogen-bond donors (Lipinski definition) is 2. The molecule has 23 heavy (non-hydrogen) atoms. The standard InChI is InChI=1S/C14H8N6O3/c15-6-10-11(7-16)19-20(18-10)8-12(14(22)23)17-13(21)9-4-2-1-3-5-9/h1-5,8H,(H,17,21)(H,22,23)/b12-8+. The molecule has 0 unspecified atom stereocenters. The van der Waals surface area contributed by atoms with Crippen LogP contribution in [0.25, 0.3) is 6.20 Å². The maximum Gasteiger partial charge on any atom is 0.354 e. The zero-order chi connectivity index (χ0) is 16.8. The molecule has 1 aromatic heterocycles. The van der Waals surface area contributed by atoms with E-state index in [1.54, 1.807) is 30.3 Å². The first-order valence-electron chi connectivity index (χ1n) is 6.13. The topological polar surface area (TPSA) is 145 Å². The predicted molar refractivity (Wildman–Crippen MR) is 75.3 cm³/mol. The summed E-state index contributed by atoms with van der Waals surface area (Å²) in [7, 11) is 0. The van der Waals surface area contributed by atoms with Gasteiger partial charge in [0.05, 0.1) is 6.20 Å². The zero-order valence-electron chi connectivity index (χ0n) is 11.5. The number of carbonyl (C=O) groups is 2. The number of aliphatic carboxylic acids is 1. The third-order valence-electron chi connectivity index (χ3n) is 2.60. The van der Waals surface area contributed by atoms with Crippen molar-refractivity contribution in [2.75, 3.05) is 0 Å². The maximum absolute atomic E-state index is 12.0. The van der Waals surface area contributed by atoms with Crippen molar-refractivity contribution in [1.82, 2.24) is 20.3 Å². The Morgan fingerprint density at radius 3 is 2.17 bits per heavy atom. The van der Waals surface area contributed by atoms with Gasteiger partial charge in [0, 0.05) is 5.56 Å². The highest BCUT2D eigenvalue weighted by Gasteiger charge is 2.15. The van der Waals surface area contributed by atoms with E-state index in [2.05, 4.69) is 15.5 Å². The van der Waals surface area contributed by atoms with Gasteiger partial charge in [0.1, 0.15) is 17.8 Å². The quantitative estimate of drug-likeness (QED) is 0.774. The molecule has 1 amide bonds. The Morgan fingerprint density at radius 2 is 1.70 bits per heavy atom. The van der Waals surface area contributed by atoms with Crippen LogP contribution in [0.5, 0.6) is 0 Å². The molecular formula is C14H8N6O3. The molecule has 0 atom stereocenters. The largest absolute Gasteiger partial charge is 0.477 e. The molecule has 9 heteroatoms. The van der Waals surface area contributed by atoms with Crippen molar-refractivity contribution >= 4 is 18.1 Å². The number of amides is 1. The number of aromatic nitrogens is 3. The van der Waals surface area contributed by atoms with E-state index in [0.29, 0.717) is 0 Å². The van der Waals surface area contributed by atoms with Crippen molar-refractivity contribution in [3.8, 4) is 12.1 Å². The highest BCUT2D eigenvalue weighted by Crippen LogP contribution is 2.03. The van der Waals surface area contributed by atoms with Gasteiger partial charge in [-0.05, 0) is 12.1 Å². The van der Waals surface area contributed by atoms with Gasteiger partial charge in [-0.2, -0.15) is 15.3 Å². The second-order valence-corrected chi connectivity index (χ2v) is 4.11. The van der Waals surface area contributed by atoms with Gasteiger partial charge in [-0.3, -0.25) is 4.79 Å². The molecule has 0 spiro atoms. The maximum atomic E-state index is 12.0. The van der Waals surface area contributed by atoms with Gasteiger partial charge < -0.3 is 10.4 Å². The van der Waals surface area contributed by atoms with Crippen LogP contribution in [-0.2, 0) is 4.79 Å². The van der Waals surface area contributed by atoms with Crippen molar-refractivity contribution in [3.63, 3.8) is 0 Å². The number of rotatable bonds is 4. The van der Waals surface area contributed by atoms with E-state index in [0.717, 1.165) is 11.0 Å². The van der Waals surface area contributed by atoms with Crippen LogP contribution in [0.3, 0.4) is 0 Å². The Hall–Kier alpha value is -3.98. The average Bonchev–Trinajstić information content (AvgIpc) is 2.97. The molecule has 2 N–H and O–H groups in total. The lowest BCUT2D eigenvalue weighted by Gasteiger charge is -2.05. The minimum Gasteiger partial charge on any atom is -0.477 e. The second kappa shape index (κ2) is 6.65. The lowest BCUT2D eigenvalue weighted by molar-refractivity contribution is -0.132. The van der Waals surface area contributed by atoms with Crippen LogP contribution < -0.4 is 5.32 Å². The molecule has 1 aromatic carbocycles. The van der Waals surface area contributed by atoms with Gasteiger partial charge in [-0.25, -0.2) is 4.79 Å². The summed E-state index contributed by atoms with van der Waals surface area (Å²) in [6.07, 6.45) is 0.894. The Morgan fingerprint density at radius 1 is 1.13 bits per heavy atom. The Balaban J connectivity index is 2.31. The van der Waals surface area contributed by atoms with Crippen molar-refractivity contribution < 1.29 is 14.7 Å². The molecule has 0 aliphatic heterocycles. The number of carbonyl (C=O) groups excluding carboxylic acids is 1. The number of hydrogen-bond acceptors (Lipinski definition) is 6. The SMILES string of the molecule is N#Cc1nn(/C=C(/NC(=O)c2ccccc2)C(=O)O)nc1C#N. The van der Waals surface area contributed by atoms with E-state index in [1.165, 1.54) is 12.1 Å². The summed E-state index contributed by atoms with van der Waals surface area (Å²) in [5.74, 6) is -2.06. The van der Waals surface area contributed by atoms with E-state index in [4.69, 9.17) is 15.6 Å². The third kappa shape index (κ3) is 3.56. The fraction of sp³-hybridized carbons (Fsp3) is 0. The van der Waals surface area contributed by atoms with Crippen LogP contribution in [0.4, 0.5) is 0 Å². The fourth-order valence-electron chi connectivity index (χ4n) is 1.57. The lowest BCUT2D eigenvalue weighted by Crippen LogP contribution is -2.27. The summed E-state index contributed by atoms with van der Waals surface area (Å²) in [4.78, 5) is 23.9. The minimum absolute atomic E-state index is 0.247. The van der Waals surface area contributed by atoms with Crippen molar-refractivity contribution in [3.05, 3.63) is 53.0 Å². The van der Waals surface area contributed by atoms with E-state index >= 15 is 0 Å². The van der Waals surface area contributed by atoms with Gasteiger partial charge in [0.2, 0.25) is 11.4 Å². The van der Waals surface area contributed by atoms with E-state index in [1.807, 2.05) is 0 Å². The first-order valence-corrected chi connectivity index (χ1v) is 6.13. The summed E-state index contributed by atoms with van der Waals surface area (Å²) < 4.78 is 0. The number of benzene rings is 1. The van der Waals surface area contributed by atoms with E-state index in [9.17, 15) is 9.59 Å². The first kappa shape index (κ1) is 15.4. The normalized spacial score (nSPS) is 10.4. The van der Waals surface area contributed by atoms with Gasteiger partial charge in [0.15, 0.2) is 0 Å². The summed E-state index contributed by atoms with van der Waals surface area (Å²) in [6.45, 7) is 0. The fourth-order valence-corrected chi connectivity index (χ4v) is 1.57. The van der Waals surface area contributed by atoms with E-state index in [-0.39, 0.29) is 17.0 Å². The van der Waals surface area contributed by atoms with Crippen molar-refractivity contribution in [1.29, 1.82) is 10.5 Å². The molecule has 0 aliphatic rings. The monoisotopic (exact) mass is 308 g/mol. The molecule has 0 saturated heterocycles. The Bertz CT molecular complexity index is 839. The molecule has 0 saturated carbocycles. The van der Waals surface area contributed by atoms with Crippen LogP contribution in [0.1, 0.15) is 21.7 Å². The van der Waals surface area contributed by atoms with Gasteiger partial charge in [0.25, 0.3) is 5.91 Å². The molecule has 2 aromatic rings. The second-order valence-electron chi connectivity index (χ2n) is 4.11. The van der Waals surface area contributed by atoms with Crippen molar-refractivity contribution in [2.45, 2.75) is 0 Å². The third-order valence-corrected chi connectivity index (χ3v) is 2.60. The molecule has 112 valence electrons. The number of nitrogens with zero attached hydrogens (tertiary/aromatic N) is 5. The van der Waals surface area contributed by atoms with Crippen LogP contribution in [0.2, 0.25) is 0 Å². The Labute approximate surface area is 129 Å². The molecular weight excluding hydrogens is 300 g/mol. The van der Waals surface area contributed by atoms with Crippen LogP contribution in [0, 0.1) is 22.7 Å². The first-order chi connectivity index (χ1) is 11.0. The number of carboxylic acid groups (broad SMARTS) is 1. The van der Waals surface area contributed by atoms with Crippen LogP contribution in [0.15, 0.2) is 36.0 Å². The molecule has 1 heterocycles. The van der Waals surface area contributed by atoms with Gasteiger partial charge in [-0.1, -0.05) is 18.2 Å². The summed E-state index contributed by atoms with van der Waals surface area (Å²) in [5, 5.41) is 36.2. The zero-order valence-corrected chi connectivity index (χ0v) is 11.5. The van der Waals surface area contributed by atoms with Gasteiger partial charge in [-0.15, -0.1) is 10.2 Å². The van der Waals surface area contributed by atoms with Crippen molar-refractivity contribution in [2.24, 2.45) is 0 Å². The van der Waals surface area contributed by atoms with Crippen LogP contribution >= 0.6 is 0 Å². The average molecular weight is 308 g/mol. The molecule has 9 nitrogen and oxygen atoms in total. The summed E-state index contributed by atoms with van der Waals surface area (Å²) in [5.41, 5.74) is -0.739. The minimum atomic E-state index is -1.43. The smallest absolute Gasteiger partial charge is 0.354 e. The molecule has 0 radical (unpaired) electrons. The molecule has 2 rings (SSSR count). The highest BCUT2D eigenvalue weighted by molar-refractivity contribution is 6.01.